The first kappa shape index (κ1) is 12.4. The lowest BCUT2D eigenvalue weighted by Crippen LogP contribution is -2.64. The molecule has 1 amide bonds. The molecule has 5 heteroatoms. The van der Waals surface area contributed by atoms with E-state index in [1.807, 2.05) is 6.92 Å². The van der Waals surface area contributed by atoms with Crippen LogP contribution in [0.25, 0.3) is 0 Å². The van der Waals surface area contributed by atoms with Gasteiger partial charge >= 0.3 is 5.97 Å². The lowest BCUT2D eigenvalue weighted by Gasteiger charge is -2.47. The van der Waals surface area contributed by atoms with Gasteiger partial charge in [-0.15, -0.1) is 0 Å². The van der Waals surface area contributed by atoms with Gasteiger partial charge in [-0.05, 0) is 19.3 Å². The SMILES string of the molecule is CCC1(O)CN(C(=O)C2CCCC2C(=O)O)C1. The molecule has 96 valence electrons. The third kappa shape index (κ3) is 2.16. The summed E-state index contributed by atoms with van der Waals surface area (Å²) in [4.78, 5) is 24.7. The molecule has 2 N–H and O–H groups in total. The van der Waals surface area contributed by atoms with Crippen LogP contribution in [0.15, 0.2) is 0 Å². The summed E-state index contributed by atoms with van der Waals surface area (Å²) >= 11 is 0. The summed E-state index contributed by atoms with van der Waals surface area (Å²) < 4.78 is 0. The molecule has 1 heterocycles. The first-order valence-corrected chi connectivity index (χ1v) is 6.21. The van der Waals surface area contributed by atoms with Crippen LogP contribution in [0, 0.1) is 11.8 Å². The van der Waals surface area contributed by atoms with E-state index >= 15 is 0 Å². The summed E-state index contributed by atoms with van der Waals surface area (Å²) in [5.41, 5.74) is -0.743. The van der Waals surface area contributed by atoms with E-state index in [1.165, 1.54) is 0 Å². The van der Waals surface area contributed by atoms with Gasteiger partial charge in [-0.25, -0.2) is 0 Å². The Morgan fingerprint density at radius 3 is 2.41 bits per heavy atom. The molecule has 0 aromatic carbocycles. The maximum atomic E-state index is 12.1. The second-order valence-electron chi connectivity index (χ2n) is 5.25. The van der Waals surface area contributed by atoms with Gasteiger partial charge in [0, 0.05) is 0 Å². The summed E-state index contributed by atoms with van der Waals surface area (Å²) in [6.45, 7) is 2.59. The van der Waals surface area contributed by atoms with Crippen molar-refractivity contribution in [1.82, 2.24) is 4.90 Å². The Balaban J connectivity index is 1.95. The average Bonchev–Trinajstić information content (AvgIpc) is 2.72. The number of carboxylic acids is 1. The van der Waals surface area contributed by atoms with Crippen molar-refractivity contribution in [3.63, 3.8) is 0 Å². The number of nitrogens with zero attached hydrogens (tertiary/aromatic N) is 1. The minimum absolute atomic E-state index is 0.0898. The second kappa shape index (κ2) is 4.29. The molecule has 1 saturated carbocycles. The fourth-order valence-electron chi connectivity index (χ4n) is 2.83. The van der Waals surface area contributed by atoms with E-state index in [4.69, 9.17) is 5.11 Å². The van der Waals surface area contributed by atoms with Crippen LogP contribution in [-0.2, 0) is 9.59 Å². The van der Waals surface area contributed by atoms with Crippen molar-refractivity contribution in [2.75, 3.05) is 13.1 Å². The highest BCUT2D eigenvalue weighted by molar-refractivity contribution is 5.86. The van der Waals surface area contributed by atoms with Crippen LogP contribution in [0.3, 0.4) is 0 Å². The summed E-state index contributed by atoms with van der Waals surface area (Å²) in [5.74, 6) is -1.87. The minimum atomic E-state index is -0.868. The Labute approximate surface area is 100 Å². The Morgan fingerprint density at radius 2 is 1.88 bits per heavy atom. The largest absolute Gasteiger partial charge is 0.481 e. The van der Waals surface area contributed by atoms with Crippen LogP contribution in [0.2, 0.25) is 0 Å². The summed E-state index contributed by atoms with van der Waals surface area (Å²) in [5, 5.41) is 18.9. The van der Waals surface area contributed by atoms with Crippen LogP contribution in [0.1, 0.15) is 32.6 Å². The summed E-state index contributed by atoms with van der Waals surface area (Å²) in [7, 11) is 0. The molecule has 2 aliphatic rings. The predicted molar refractivity (Wildman–Crippen MR) is 60.3 cm³/mol. The molecule has 2 rings (SSSR count). The molecular formula is C12H19NO4. The van der Waals surface area contributed by atoms with Crippen molar-refractivity contribution in [2.45, 2.75) is 38.2 Å². The molecule has 0 aromatic heterocycles. The number of aliphatic hydroxyl groups is 1. The maximum Gasteiger partial charge on any atom is 0.307 e. The zero-order valence-corrected chi connectivity index (χ0v) is 10.1. The monoisotopic (exact) mass is 241 g/mol. The highest BCUT2D eigenvalue weighted by Crippen LogP contribution is 2.36. The molecule has 1 aliphatic heterocycles. The number of hydrogen-bond donors (Lipinski definition) is 2. The molecule has 0 bridgehead atoms. The number of likely N-dealkylation sites (tertiary alicyclic amines) is 1. The molecule has 17 heavy (non-hydrogen) atoms. The molecule has 2 atom stereocenters. The van der Waals surface area contributed by atoms with Gasteiger partial charge in [0.25, 0.3) is 0 Å². The first-order chi connectivity index (χ1) is 7.97. The smallest absolute Gasteiger partial charge is 0.307 e. The van der Waals surface area contributed by atoms with E-state index in [0.29, 0.717) is 32.4 Å². The van der Waals surface area contributed by atoms with Gasteiger partial charge in [0.05, 0.1) is 30.5 Å². The van der Waals surface area contributed by atoms with Crippen molar-refractivity contribution in [2.24, 2.45) is 11.8 Å². The Hall–Kier alpha value is -1.10. The number of β-amino-alcohol motifs (C(OH)–C–C–N with tert-alkyl or cyclic N) is 1. The van der Waals surface area contributed by atoms with Gasteiger partial charge in [-0.3, -0.25) is 9.59 Å². The van der Waals surface area contributed by atoms with E-state index in [0.717, 1.165) is 6.42 Å². The van der Waals surface area contributed by atoms with E-state index in [2.05, 4.69) is 0 Å². The fourth-order valence-corrected chi connectivity index (χ4v) is 2.83. The molecule has 0 radical (unpaired) electrons. The van der Waals surface area contributed by atoms with Crippen molar-refractivity contribution >= 4 is 11.9 Å². The number of carbonyl (C=O) groups is 2. The normalized spacial score (nSPS) is 31.1. The van der Waals surface area contributed by atoms with Gasteiger partial charge in [-0.2, -0.15) is 0 Å². The fraction of sp³-hybridized carbons (Fsp3) is 0.833. The van der Waals surface area contributed by atoms with Gasteiger partial charge in [-0.1, -0.05) is 13.3 Å². The lowest BCUT2D eigenvalue weighted by atomic mass is 9.87. The zero-order valence-electron chi connectivity index (χ0n) is 10.1. The third-order valence-electron chi connectivity index (χ3n) is 4.09. The Kier molecular flexibility index (Phi) is 3.12. The number of rotatable bonds is 3. The van der Waals surface area contributed by atoms with Crippen LogP contribution >= 0.6 is 0 Å². The molecule has 0 spiro atoms. The Bertz CT molecular complexity index is 335. The highest BCUT2D eigenvalue weighted by atomic mass is 16.4. The number of amides is 1. The van der Waals surface area contributed by atoms with Gasteiger partial charge < -0.3 is 15.1 Å². The standard InChI is InChI=1S/C12H19NO4/c1-2-12(17)6-13(7-12)10(14)8-4-3-5-9(8)11(15)16/h8-9,17H,2-7H2,1H3,(H,15,16). The van der Waals surface area contributed by atoms with Crippen LogP contribution in [-0.4, -0.2) is 45.7 Å². The molecule has 5 nitrogen and oxygen atoms in total. The van der Waals surface area contributed by atoms with Gasteiger partial charge in [0.1, 0.15) is 0 Å². The number of carboxylic acid groups (broad SMARTS) is 1. The van der Waals surface area contributed by atoms with Crippen LogP contribution in [0.4, 0.5) is 0 Å². The van der Waals surface area contributed by atoms with Crippen molar-refractivity contribution in [3.8, 4) is 0 Å². The van der Waals surface area contributed by atoms with Crippen molar-refractivity contribution < 1.29 is 19.8 Å². The van der Waals surface area contributed by atoms with Gasteiger partial charge in [0.2, 0.25) is 5.91 Å². The second-order valence-corrected chi connectivity index (χ2v) is 5.25. The molecule has 0 aromatic rings. The quantitative estimate of drug-likeness (QED) is 0.753. The lowest BCUT2D eigenvalue weighted by molar-refractivity contribution is -0.164. The van der Waals surface area contributed by atoms with Crippen molar-refractivity contribution in [1.29, 1.82) is 0 Å². The summed E-state index contributed by atoms with van der Waals surface area (Å²) in [6, 6.07) is 0. The molecule has 1 aliphatic carbocycles. The molecule has 2 fully saturated rings. The van der Waals surface area contributed by atoms with Gasteiger partial charge in [0.15, 0.2) is 0 Å². The molecular weight excluding hydrogens is 222 g/mol. The molecule has 2 unspecified atom stereocenters. The summed E-state index contributed by atoms with van der Waals surface area (Å²) in [6.07, 6.45) is 2.69. The van der Waals surface area contributed by atoms with E-state index in [1.54, 1.807) is 4.90 Å². The van der Waals surface area contributed by atoms with E-state index in [-0.39, 0.29) is 11.8 Å². The van der Waals surface area contributed by atoms with Crippen molar-refractivity contribution in [3.05, 3.63) is 0 Å². The molecule has 1 saturated heterocycles. The number of aliphatic carboxylic acids is 1. The van der Waals surface area contributed by atoms with Crippen LogP contribution < -0.4 is 0 Å². The first-order valence-electron chi connectivity index (χ1n) is 6.21. The third-order valence-corrected chi connectivity index (χ3v) is 4.09. The van der Waals surface area contributed by atoms with E-state index < -0.39 is 17.5 Å². The Morgan fingerprint density at radius 1 is 1.29 bits per heavy atom. The number of carbonyl (C=O) groups excluding carboxylic acids is 1. The average molecular weight is 241 g/mol. The maximum absolute atomic E-state index is 12.1. The zero-order chi connectivity index (χ0) is 12.6. The number of hydrogen-bond acceptors (Lipinski definition) is 3. The van der Waals surface area contributed by atoms with Crippen LogP contribution in [0.5, 0.6) is 0 Å². The highest BCUT2D eigenvalue weighted by Gasteiger charge is 2.47. The topological polar surface area (TPSA) is 77.8 Å². The predicted octanol–water partition coefficient (Wildman–Crippen LogP) is 0.471. The minimum Gasteiger partial charge on any atom is -0.481 e. The van der Waals surface area contributed by atoms with E-state index in [9.17, 15) is 14.7 Å².